The van der Waals surface area contributed by atoms with Crippen molar-refractivity contribution in [2.45, 2.75) is 13.0 Å². The fraction of sp³-hybridized carbons (Fsp3) is 0.200. The van der Waals surface area contributed by atoms with Crippen LogP contribution in [0.4, 0.5) is 0 Å². The van der Waals surface area contributed by atoms with Crippen LogP contribution in [0.15, 0.2) is 24.3 Å². The molecule has 0 aromatic heterocycles. The molecule has 1 rings (SSSR count). The summed E-state index contributed by atoms with van der Waals surface area (Å²) >= 11 is 0. The maximum absolute atomic E-state index is 10.4. The third-order valence-electron chi connectivity index (χ3n) is 1.66. The van der Waals surface area contributed by atoms with Gasteiger partial charge in [0.1, 0.15) is 6.61 Å². The smallest absolute Gasteiger partial charge is 0.307 e. The van der Waals surface area contributed by atoms with Crippen molar-refractivity contribution in [2.75, 3.05) is 0 Å². The Morgan fingerprint density at radius 3 is 2.79 bits per heavy atom. The first kappa shape index (κ1) is 10.2. The molecule has 0 saturated heterocycles. The van der Waals surface area contributed by atoms with Crippen molar-refractivity contribution in [2.24, 2.45) is 0 Å². The first-order chi connectivity index (χ1) is 6.72. The van der Waals surface area contributed by atoms with Crippen LogP contribution in [0.25, 0.3) is 0 Å². The molecule has 0 aliphatic rings. The normalized spacial score (nSPS) is 9.43. The molecule has 1 aromatic rings. The Bertz CT molecular complexity index is 333. The monoisotopic (exact) mass is 194 g/mol. The van der Waals surface area contributed by atoms with E-state index in [1.54, 1.807) is 24.3 Å². The number of ether oxygens (including phenoxy) is 1. The number of aliphatic carboxylic acids is 1. The summed E-state index contributed by atoms with van der Waals surface area (Å²) in [5, 5.41) is 8.55. The van der Waals surface area contributed by atoms with Gasteiger partial charge in [0, 0.05) is 0 Å². The molecule has 0 aliphatic carbocycles. The minimum atomic E-state index is -0.876. The van der Waals surface area contributed by atoms with Crippen LogP contribution in [0.5, 0.6) is 0 Å². The van der Waals surface area contributed by atoms with E-state index in [0.29, 0.717) is 12.0 Å². The molecule has 1 N–H and O–H groups in total. The predicted octanol–water partition coefficient (Wildman–Crippen LogP) is 0.987. The SMILES string of the molecule is O=COCc1cccc(CC(=O)O)c1. The average Bonchev–Trinajstić information content (AvgIpc) is 2.14. The number of carbonyl (C=O) groups is 2. The third kappa shape index (κ3) is 3.26. The van der Waals surface area contributed by atoms with Gasteiger partial charge < -0.3 is 9.84 Å². The number of carboxylic acids is 1. The lowest BCUT2D eigenvalue weighted by Crippen LogP contribution is -2.00. The van der Waals surface area contributed by atoms with Crippen molar-refractivity contribution in [3.05, 3.63) is 35.4 Å². The molecule has 0 atom stereocenters. The van der Waals surface area contributed by atoms with Crippen molar-refractivity contribution in [1.82, 2.24) is 0 Å². The molecule has 0 amide bonds. The quantitative estimate of drug-likeness (QED) is 0.710. The maximum Gasteiger partial charge on any atom is 0.307 e. The molecule has 74 valence electrons. The fourth-order valence-electron chi connectivity index (χ4n) is 1.13. The second kappa shape index (κ2) is 5.01. The zero-order chi connectivity index (χ0) is 10.4. The molecule has 4 heteroatoms. The van der Waals surface area contributed by atoms with Crippen LogP contribution in [0.2, 0.25) is 0 Å². The molecule has 0 bridgehead atoms. The van der Waals surface area contributed by atoms with E-state index in [1.807, 2.05) is 0 Å². The van der Waals surface area contributed by atoms with E-state index >= 15 is 0 Å². The molecular weight excluding hydrogens is 184 g/mol. The molecule has 0 saturated carbocycles. The van der Waals surface area contributed by atoms with Crippen LogP contribution < -0.4 is 0 Å². The van der Waals surface area contributed by atoms with Gasteiger partial charge in [0.05, 0.1) is 6.42 Å². The van der Waals surface area contributed by atoms with Crippen LogP contribution in [-0.4, -0.2) is 17.5 Å². The number of hydrogen-bond acceptors (Lipinski definition) is 3. The van der Waals surface area contributed by atoms with E-state index < -0.39 is 5.97 Å². The van der Waals surface area contributed by atoms with Crippen LogP contribution >= 0.6 is 0 Å². The molecule has 0 unspecified atom stereocenters. The summed E-state index contributed by atoms with van der Waals surface area (Å²) in [5.74, 6) is -0.876. The standard InChI is InChI=1S/C10H10O4/c11-7-14-6-9-3-1-2-8(4-9)5-10(12)13/h1-4,7H,5-6H2,(H,12,13). The highest BCUT2D eigenvalue weighted by molar-refractivity contribution is 5.70. The van der Waals surface area contributed by atoms with E-state index in [-0.39, 0.29) is 13.0 Å². The van der Waals surface area contributed by atoms with Crippen molar-refractivity contribution in [1.29, 1.82) is 0 Å². The molecule has 0 aliphatic heterocycles. The lowest BCUT2D eigenvalue weighted by atomic mass is 10.1. The van der Waals surface area contributed by atoms with E-state index in [1.165, 1.54) is 0 Å². The number of carbonyl (C=O) groups excluding carboxylic acids is 1. The van der Waals surface area contributed by atoms with Gasteiger partial charge in [-0.15, -0.1) is 0 Å². The highest BCUT2D eigenvalue weighted by atomic mass is 16.5. The number of rotatable bonds is 5. The zero-order valence-corrected chi connectivity index (χ0v) is 7.47. The summed E-state index contributed by atoms with van der Waals surface area (Å²) in [5.41, 5.74) is 1.49. The van der Waals surface area contributed by atoms with E-state index in [2.05, 4.69) is 4.74 Å². The summed E-state index contributed by atoms with van der Waals surface area (Å²) in [7, 11) is 0. The van der Waals surface area contributed by atoms with Gasteiger partial charge in [0.25, 0.3) is 6.47 Å². The molecular formula is C10H10O4. The first-order valence-corrected chi connectivity index (χ1v) is 4.07. The predicted molar refractivity (Wildman–Crippen MR) is 48.6 cm³/mol. The van der Waals surface area contributed by atoms with Crippen molar-refractivity contribution >= 4 is 12.4 Å². The summed E-state index contributed by atoms with van der Waals surface area (Å²) in [6, 6.07) is 6.94. The van der Waals surface area contributed by atoms with Gasteiger partial charge in [-0.3, -0.25) is 9.59 Å². The average molecular weight is 194 g/mol. The third-order valence-corrected chi connectivity index (χ3v) is 1.66. The summed E-state index contributed by atoms with van der Waals surface area (Å²) < 4.78 is 4.55. The van der Waals surface area contributed by atoms with Gasteiger partial charge in [0.15, 0.2) is 0 Å². The second-order valence-corrected chi connectivity index (χ2v) is 2.80. The summed E-state index contributed by atoms with van der Waals surface area (Å²) in [4.78, 5) is 20.3. The van der Waals surface area contributed by atoms with Gasteiger partial charge in [-0.1, -0.05) is 24.3 Å². The highest BCUT2D eigenvalue weighted by Gasteiger charge is 2.01. The zero-order valence-electron chi connectivity index (χ0n) is 7.47. The topological polar surface area (TPSA) is 63.6 Å². The van der Waals surface area contributed by atoms with Gasteiger partial charge in [-0.25, -0.2) is 0 Å². The van der Waals surface area contributed by atoms with Gasteiger partial charge >= 0.3 is 5.97 Å². The molecule has 14 heavy (non-hydrogen) atoms. The van der Waals surface area contributed by atoms with Crippen molar-refractivity contribution < 1.29 is 19.4 Å². The molecule has 0 spiro atoms. The minimum Gasteiger partial charge on any atom is -0.481 e. The maximum atomic E-state index is 10.4. The number of benzene rings is 1. The molecule has 4 nitrogen and oxygen atoms in total. The van der Waals surface area contributed by atoms with Crippen LogP contribution in [0.3, 0.4) is 0 Å². The minimum absolute atomic E-state index is 0.0189. The van der Waals surface area contributed by atoms with Crippen LogP contribution in [0, 0.1) is 0 Å². The molecule has 0 fully saturated rings. The second-order valence-electron chi connectivity index (χ2n) is 2.80. The Hall–Kier alpha value is -1.84. The lowest BCUT2D eigenvalue weighted by molar-refractivity contribution is -0.136. The summed E-state index contributed by atoms with van der Waals surface area (Å²) in [6.45, 7) is 0.542. The van der Waals surface area contributed by atoms with Gasteiger partial charge in [-0.05, 0) is 11.1 Å². The molecule has 1 aromatic carbocycles. The Kier molecular flexibility index (Phi) is 3.67. The lowest BCUT2D eigenvalue weighted by Gasteiger charge is -2.01. The van der Waals surface area contributed by atoms with E-state index in [9.17, 15) is 9.59 Å². The number of hydrogen-bond donors (Lipinski definition) is 1. The van der Waals surface area contributed by atoms with Gasteiger partial charge in [-0.2, -0.15) is 0 Å². The Morgan fingerprint density at radius 2 is 2.14 bits per heavy atom. The number of carboxylic acid groups (broad SMARTS) is 1. The summed E-state index contributed by atoms with van der Waals surface area (Å²) in [6.07, 6.45) is -0.0189. The Morgan fingerprint density at radius 1 is 1.43 bits per heavy atom. The first-order valence-electron chi connectivity index (χ1n) is 4.07. The Labute approximate surface area is 81.1 Å². The largest absolute Gasteiger partial charge is 0.481 e. The molecule has 0 heterocycles. The van der Waals surface area contributed by atoms with Crippen LogP contribution in [-0.2, 0) is 27.4 Å². The Balaban J connectivity index is 2.68. The highest BCUT2D eigenvalue weighted by Crippen LogP contribution is 2.06. The van der Waals surface area contributed by atoms with Crippen molar-refractivity contribution in [3.8, 4) is 0 Å². The molecule has 0 radical (unpaired) electrons. The van der Waals surface area contributed by atoms with Gasteiger partial charge in [0.2, 0.25) is 0 Å². The van der Waals surface area contributed by atoms with Crippen molar-refractivity contribution in [3.63, 3.8) is 0 Å². The van der Waals surface area contributed by atoms with E-state index in [0.717, 1.165) is 5.56 Å². The van der Waals surface area contributed by atoms with Crippen LogP contribution in [0.1, 0.15) is 11.1 Å². The van der Waals surface area contributed by atoms with E-state index in [4.69, 9.17) is 5.11 Å². The fourth-order valence-corrected chi connectivity index (χ4v) is 1.13.